The minimum absolute atomic E-state index is 0.0924. The van der Waals surface area contributed by atoms with Gasteiger partial charge in [-0.25, -0.2) is 13.1 Å². The lowest BCUT2D eigenvalue weighted by atomic mass is 9.97. The number of rotatable bonds is 7. The van der Waals surface area contributed by atoms with Gasteiger partial charge in [-0.3, -0.25) is 4.79 Å². The fraction of sp³-hybridized carbons (Fsp3) is 0.500. The van der Waals surface area contributed by atoms with Crippen molar-refractivity contribution >= 4 is 16.0 Å². The SMILES string of the molecule is COc1ccc(C)c(S(=O)(=O)NCC(C(=O)O)C(C)C)c1. The van der Waals surface area contributed by atoms with Gasteiger partial charge in [0.05, 0.1) is 17.9 Å². The molecule has 6 nitrogen and oxygen atoms in total. The van der Waals surface area contributed by atoms with Crippen LogP contribution in [0.1, 0.15) is 19.4 Å². The molecule has 0 amide bonds. The molecule has 1 unspecified atom stereocenters. The number of hydrogen-bond acceptors (Lipinski definition) is 4. The van der Waals surface area contributed by atoms with Crippen LogP contribution in [0.4, 0.5) is 0 Å². The number of nitrogens with one attached hydrogen (secondary N) is 1. The maximum Gasteiger partial charge on any atom is 0.308 e. The van der Waals surface area contributed by atoms with Crippen LogP contribution in [0.5, 0.6) is 5.75 Å². The molecule has 1 aromatic carbocycles. The predicted octanol–water partition coefficient (Wildman–Crippen LogP) is 1.64. The largest absolute Gasteiger partial charge is 0.497 e. The van der Waals surface area contributed by atoms with E-state index in [1.54, 1.807) is 32.9 Å². The Balaban J connectivity index is 2.99. The topological polar surface area (TPSA) is 92.7 Å². The molecule has 1 rings (SSSR count). The molecular weight excluding hydrogens is 294 g/mol. The lowest BCUT2D eigenvalue weighted by molar-refractivity contribution is -0.142. The van der Waals surface area contributed by atoms with Gasteiger partial charge >= 0.3 is 5.97 Å². The average molecular weight is 315 g/mol. The lowest BCUT2D eigenvalue weighted by Crippen LogP contribution is -2.35. The average Bonchev–Trinajstić information content (AvgIpc) is 2.38. The summed E-state index contributed by atoms with van der Waals surface area (Å²) in [6, 6.07) is 4.73. The molecule has 0 heterocycles. The summed E-state index contributed by atoms with van der Waals surface area (Å²) in [6.45, 7) is 5.00. The first-order valence-corrected chi connectivity index (χ1v) is 8.04. The van der Waals surface area contributed by atoms with E-state index in [0.29, 0.717) is 11.3 Å². The second-order valence-corrected chi connectivity index (χ2v) is 6.91. The number of ether oxygens (including phenoxy) is 1. The van der Waals surface area contributed by atoms with E-state index >= 15 is 0 Å². The Hall–Kier alpha value is -1.60. The molecule has 0 saturated carbocycles. The summed E-state index contributed by atoms with van der Waals surface area (Å²) < 4.78 is 32.0. The van der Waals surface area contributed by atoms with Crippen LogP contribution in [-0.4, -0.2) is 33.1 Å². The quantitative estimate of drug-likeness (QED) is 0.798. The van der Waals surface area contributed by atoms with Gasteiger partial charge in [-0.15, -0.1) is 0 Å². The Kier molecular flexibility index (Phi) is 5.74. The number of sulfonamides is 1. The third-order valence-corrected chi connectivity index (χ3v) is 4.87. The number of methoxy groups -OCH3 is 1. The van der Waals surface area contributed by atoms with Crippen molar-refractivity contribution in [3.63, 3.8) is 0 Å². The van der Waals surface area contributed by atoms with Crippen molar-refractivity contribution < 1.29 is 23.1 Å². The molecule has 0 saturated heterocycles. The summed E-state index contributed by atoms with van der Waals surface area (Å²) in [6.07, 6.45) is 0. The van der Waals surface area contributed by atoms with E-state index < -0.39 is 21.9 Å². The third-order valence-electron chi connectivity index (χ3n) is 3.30. The molecule has 2 N–H and O–H groups in total. The van der Waals surface area contributed by atoms with E-state index in [2.05, 4.69) is 4.72 Å². The first-order valence-electron chi connectivity index (χ1n) is 6.56. The van der Waals surface area contributed by atoms with E-state index in [1.165, 1.54) is 13.2 Å². The van der Waals surface area contributed by atoms with E-state index in [4.69, 9.17) is 9.84 Å². The highest BCUT2D eigenvalue weighted by Gasteiger charge is 2.25. The van der Waals surface area contributed by atoms with Crippen LogP contribution in [-0.2, 0) is 14.8 Å². The first-order chi connectivity index (χ1) is 9.69. The van der Waals surface area contributed by atoms with E-state index in [0.717, 1.165) is 0 Å². The van der Waals surface area contributed by atoms with Crippen molar-refractivity contribution in [3.05, 3.63) is 23.8 Å². The van der Waals surface area contributed by atoms with Crippen molar-refractivity contribution in [3.8, 4) is 5.75 Å². The van der Waals surface area contributed by atoms with Gasteiger partial charge < -0.3 is 9.84 Å². The third kappa shape index (κ3) is 4.44. The van der Waals surface area contributed by atoms with Crippen LogP contribution in [0, 0.1) is 18.8 Å². The maximum atomic E-state index is 12.3. The number of carboxylic acid groups (broad SMARTS) is 1. The molecule has 0 aliphatic heterocycles. The van der Waals surface area contributed by atoms with Gasteiger partial charge in [0.25, 0.3) is 0 Å². The Labute approximate surface area is 125 Å². The smallest absolute Gasteiger partial charge is 0.308 e. The van der Waals surface area contributed by atoms with Crippen molar-refractivity contribution in [1.82, 2.24) is 4.72 Å². The molecule has 0 bridgehead atoms. The molecule has 0 radical (unpaired) electrons. The van der Waals surface area contributed by atoms with Crippen LogP contribution in [0.25, 0.3) is 0 Å². The van der Waals surface area contributed by atoms with Crippen molar-refractivity contribution in [2.75, 3.05) is 13.7 Å². The van der Waals surface area contributed by atoms with Crippen molar-refractivity contribution in [2.24, 2.45) is 11.8 Å². The van der Waals surface area contributed by atoms with E-state index in [1.807, 2.05) is 0 Å². The first kappa shape index (κ1) is 17.5. The molecular formula is C14H21NO5S. The molecule has 0 aliphatic rings. The monoisotopic (exact) mass is 315 g/mol. The van der Waals surface area contributed by atoms with Crippen LogP contribution >= 0.6 is 0 Å². The molecule has 0 spiro atoms. The zero-order chi connectivity index (χ0) is 16.2. The predicted molar refractivity (Wildman–Crippen MR) is 78.9 cm³/mol. The fourth-order valence-corrected chi connectivity index (χ4v) is 3.20. The Bertz CT molecular complexity index is 610. The second-order valence-electron chi connectivity index (χ2n) is 5.17. The molecule has 1 atom stereocenters. The molecule has 1 aromatic rings. The van der Waals surface area contributed by atoms with Gasteiger partial charge in [-0.2, -0.15) is 0 Å². The molecule has 7 heteroatoms. The number of carboxylic acids is 1. The zero-order valence-electron chi connectivity index (χ0n) is 12.6. The van der Waals surface area contributed by atoms with E-state index in [9.17, 15) is 13.2 Å². The Morgan fingerprint density at radius 1 is 1.38 bits per heavy atom. The van der Waals surface area contributed by atoms with Crippen LogP contribution in [0.15, 0.2) is 23.1 Å². The van der Waals surface area contributed by atoms with Crippen LogP contribution in [0.2, 0.25) is 0 Å². The molecule has 0 fully saturated rings. The van der Waals surface area contributed by atoms with Gasteiger partial charge in [0.2, 0.25) is 10.0 Å². The minimum Gasteiger partial charge on any atom is -0.497 e. The van der Waals surface area contributed by atoms with Crippen LogP contribution in [0.3, 0.4) is 0 Å². The van der Waals surface area contributed by atoms with Gasteiger partial charge in [0.15, 0.2) is 0 Å². The molecule has 0 aliphatic carbocycles. The number of hydrogen-bond donors (Lipinski definition) is 2. The van der Waals surface area contributed by atoms with E-state index in [-0.39, 0.29) is 17.4 Å². The highest BCUT2D eigenvalue weighted by atomic mass is 32.2. The normalized spacial score (nSPS) is 13.2. The second kappa shape index (κ2) is 6.91. The Morgan fingerprint density at radius 3 is 2.48 bits per heavy atom. The number of aliphatic carboxylic acids is 1. The highest BCUT2D eigenvalue weighted by molar-refractivity contribution is 7.89. The van der Waals surface area contributed by atoms with Crippen molar-refractivity contribution in [1.29, 1.82) is 0 Å². The maximum absolute atomic E-state index is 12.3. The lowest BCUT2D eigenvalue weighted by Gasteiger charge is -2.17. The summed E-state index contributed by atoms with van der Waals surface area (Å²) in [5.41, 5.74) is 0.569. The molecule has 21 heavy (non-hydrogen) atoms. The van der Waals surface area contributed by atoms with Gasteiger partial charge in [0, 0.05) is 12.6 Å². The Morgan fingerprint density at radius 2 is 2.00 bits per heavy atom. The van der Waals surface area contributed by atoms with Crippen molar-refractivity contribution in [2.45, 2.75) is 25.7 Å². The minimum atomic E-state index is -3.78. The van der Waals surface area contributed by atoms with Gasteiger partial charge in [0.1, 0.15) is 5.75 Å². The number of carbonyl (C=O) groups is 1. The number of aryl methyl sites for hydroxylation is 1. The fourth-order valence-electron chi connectivity index (χ4n) is 1.88. The van der Waals surface area contributed by atoms with Crippen LogP contribution < -0.4 is 9.46 Å². The highest BCUT2D eigenvalue weighted by Crippen LogP contribution is 2.22. The summed E-state index contributed by atoms with van der Waals surface area (Å²) in [7, 11) is -2.33. The summed E-state index contributed by atoms with van der Waals surface area (Å²) in [5.74, 6) is -1.53. The van der Waals surface area contributed by atoms with Gasteiger partial charge in [-0.05, 0) is 24.5 Å². The zero-order valence-corrected chi connectivity index (χ0v) is 13.4. The summed E-state index contributed by atoms with van der Waals surface area (Å²) >= 11 is 0. The number of benzene rings is 1. The summed E-state index contributed by atoms with van der Waals surface area (Å²) in [4.78, 5) is 11.2. The summed E-state index contributed by atoms with van der Waals surface area (Å²) in [5, 5.41) is 9.09. The molecule has 118 valence electrons. The van der Waals surface area contributed by atoms with Gasteiger partial charge in [-0.1, -0.05) is 19.9 Å². The standard InChI is InChI=1S/C14H21NO5S/c1-9(2)12(14(16)17)8-15-21(18,19)13-7-11(20-4)6-5-10(13)3/h5-7,9,12,15H,8H2,1-4H3,(H,16,17). The molecule has 0 aromatic heterocycles.